The monoisotopic (exact) mass is 668 g/mol. The summed E-state index contributed by atoms with van der Waals surface area (Å²) in [4.78, 5) is 9.60. The smallest absolute Gasteiger partial charge is 0.137 e. The number of benzene rings is 5. The SMILES string of the molecule is Cc1cc(C)cc(N2CN(c3cccc(Oc4ccc5c6ccccc6n(-c6cc(C(C)(C)C)ccn6)c5c4)c3)C=C2c2c(C)cccc2C)c1. The molecule has 51 heavy (non-hydrogen) atoms. The normalized spacial score (nSPS) is 13.4. The van der Waals surface area contributed by atoms with Crippen molar-refractivity contribution >= 4 is 38.9 Å². The van der Waals surface area contributed by atoms with Crippen LogP contribution in [-0.2, 0) is 5.41 Å². The van der Waals surface area contributed by atoms with E-state index in [0.29, 0.717) is 6.67 Å². The van der Waals surface area contributed by atoms with Crippen LogP contribution >= 0.6 is 0 Å². The van der Waals surface area contributed by atoms with Gasteiger partial charge in [-0.3, -0.25) is 4.57 Å². The van der Waals surface area contributed by atoms with Crippen molar-refractivity contribution in [1.29, 1.82) is 0 Å². The Kier molecular flexibility index (Phi) is 7.94. The van der Waals surface area contributed by atoms with Crippen molar-refractivity contribution in [2.45, 2.75) is 53.9 Å². The third-order valence-corrected chi connectivity index (χ3v) is 9.99. The molecule has 0 N–H and O–H groups in total. The first-order valence-corrected chi connectivity index (χ1v) is 17.7. The van der Waals surface area contributed by atoms with Crippen molar-refractivity contribution < 1.29 is 4.74 Å². The maximum atomic E-state index is 6.65. The average molecular weight is 669 g/mol. The van der Waals surface area contributed by atoms with E-state index in [2.05, 4.69) is 178 Å². The van der Waals surface area contributed by atoms with E-state index in [-0.39, 0.29) is 5.41 Å². The maximum Gasteiger partial charge on any atom is 0.137 e. The minimum atomic E-state index is 0.00972. The van der Waals surface area contributed by atoms with Gasteiger partial charge in [-0.15, -0.1) is 0 Å². The standard InChI is InChI=1S/C46H44N4O/c1-30-22-31(2)24-36(23-30)49-29-48(28-43(49)45-32(3)12-10-13-33(45)4)35-14-11-15-37(26-35)51-38-18-19-40-39-16-8-9-17-41(39)50(42(40)27-38)44-25-34(20-21-47-44)46(5,6)7/h8-28H,29H2,1-7H3. The summed E-state index contributed by atoms with van der Waals surface area (Å²) in [7, 11) is 0. The number of aryl methyl sites for hydroxylation is 4. The van der Waals surface area contributed by atoms with Crippen molar-refractivity contribution in [3.05, 3.63) is 161 Å². The van der Waals surface area contributed by atoms with Crippen molar-refractivity contribution in [2.24, 2.45) is 0 Å². The lowest BCUT2D eigenvalue weighted by Gasteiger charge is -2.26. The fraction of sp³-hybridized carbons (Fsp3) is 0.196. The Morgan fingerprint density at radius 1 is 0.627 bits per heavy atom. The van der Waals surface area contributed by atoms with E-state index in [1.165, 1.54) is 55.5 Å². The lowest BCUT2D eigenvalue weighted by molar-refractivity contribution is 0.483. The summed E-state index contributed by atoms with van der Waals surface area (Å²) >= 11 is 0. The summed E-state index contributed by atoms with van der Waals surface area (Å²) in [6.45, 7) is 16.2. The summed E-state index contributed by atoms with van der Waals surface area (Å²) < 4.78 is 8.91. The van der Waals surface area contributed by atoms with Gasteiger partial charge in [-0.05, 0) is 116 Å². The van der Waals surface area contributed by atoms with E-state index in [0.717, 1.165) is 34.0 Å². The molecule has 5 heteroatoms. The molecular weight excluding hydrogens is 625 g/mol. The second-order valence-electron chi connectivity index (χ2n) is 14.9. The first-order valence-electron chi connectivity index (χ1n) is 17.7. The Bertz CT molecular complexity index is 2440. The van der Waals surface area contributed by atoms with Gasteiger partial charge in [0.25, 0.3) is 0 Å². The molecule has 1 aliphatic rings. The van der Waals surface area contributed by atoms with E-state index in [1.54, 1.807) is 0 Å². The number of pyridine rings is 1. The van der Waals surface area contributed by atoms with Gasteiger partial charge in [0.1, 0.15) is 17.3 Å². The number of anilines is 2. The summed E-state index contributed by atoms with van der Waals surface area (Å²) in [5, 5.41) is 2.36. The highest BCUT2D eigenvalue weighted by atomic mass is 16.5. The van der Waals surface area contributed by atoms with Gasteiger partial charge in [0.05, 0.1) is 23.4 Å². The molecule has 0 amide bonds. The molecule has 0 atom stereocenters. The zero-order chi connectivity index (χ0) is 35.4. The fourth-order valence-corrected chi connectivity index (χ4v) is 7.52. The van der Waals surface area contributed by atoms with Gasteiger partial charge < -0.3 is 14.5 Å². The minimum Gasteiger partial charge on any atom is -0.457 e. The van der Waals surface area contributed by atoms with E-state index in [1.807, 2.05) is 12.3 Å². The topological polar surface area (TPSA) is 33.5 Å². The number of nitrogens with zero attached hydrogens (tertiary/aromatic N) is 4. The van der Waals surface area contributed by atoms with Crippen LogP contribution in [0.15, 0.2) is 128 Å². The molecular formula is C46H44N4O. The molecule has 0 spiro atoms. The molecule has 7 aromatic rings. The Balaban J connectivity index is 1.17. The quantitative estimate of drug-likeness (QED) is 0.177. The summed E-state index contributed by atoms with van der Waals surface area (Å²) in [5.41, 5.74) is 13.2. The number of fused-ring (bicyclic) bond motifs is 3. The van der Waals surface area contributed by atoms with Gasteiger partial charge in [0, 0.05) is 52.2 Å². The Morgan fingerprint density at radius 2 is 1.33 bits per heavy atom. The van der Waals surface area contributed by atoms with Crippen molar-refractivity contribution in [1.82, 2.24) is 9.55 Å². The number of para-hydroxylation sites is 1. The van der Waals surface area contributed by atoms with Gasteiger partial charge in [0.2, 0.25) is 0 Å². The molecule has 0 saturated carbocycles. The molecule has 0 fully saturated rings. The van der Waals surface area contributed by atoms with E-state index in [4.69, 9.17) is 9.72 Å². The molecule has 3 heterocycles. The highest BCUT2D eigenvalue weighted by molar-refractivity contribution is 6.09. The largest absolute Gasteiger partial charge is 0.457 e. The minimum absolute atomic E-state index is 0.00972. The third-order valence-electron chi connectivity index (χ3n) is 9.99. The Labute approximate surface area is 301 Å². The molecule has 0 saturated heterocycles. The van der Waals surface area contributed by atoms with Gasteiger partial charge in [0.15, 0.2) is 0 Å². The molecule has 0 unspecified atom stereocenters. The van der Waals surface area contributed by atoms with Crippen molar-refractivity contribution in [3.8, 4) is 17.3 Å². The van der Waals surface area contributed by atoms with Crippen LogP contribution in [0.1, 0.15) is 54.2 Å². The van der Waals surface area contributed by atoms with Gasteiger partial charge in [-0.1, -0.05) is 69.3 Å². The van der Waals surface area contributed by atoms with E-state index >= 15 is 0 Å². The zero-order valence-corrected chi connectivity index (χ0v) is 30.5. The van der Waals surface area contributed by atoms with Gasteiger partial charge >= 0.3 is 0 Å². The van der Waals surface area contributed by atoms with Crippen molar-refractivity contribution in [3.63, 3.8) is 0 Å². The molecule has 254 valence electrons. The molecule has 2 aromatic heterocycles. The van der Waals surface area contributed by atoms with Crippen LogP contribution in [0.4, 0.5) is 11.4 Å². The fourth-order valence-electron chi connectivity index (χ4n) is 7.52. The summed E-state index contributed by atoms with van der Waals surface area (Å²) in [5.74, 6) is 2.47. The van der Waals surface area contributed by atoms with Crippen LogP contribution in [0, 0.1) is 27.7 Å². The van der Waals surface area contributed by atoms with Crippen LogP contribution in [0.3, 0.4) is 0 Å². The lowest BCUT2D eigenvalue weighted by Crippen LogP contribution is -2.26. The maximum absolute atomic E-state index is 6.65. The zero-order valence-electron chi connectivity index (χ0n) is 30.5. The Hall–Kier alpha value is -5.81. The van der Waals surface area contributed by atoms with Crippen LogP contribution in [0.25, 0.3) is 33.3 Å². The summed E-state index contributed by atoms with van der Waals surface area (Å²) in [6, 6.07) is 41.0. The van der Waals surface area contributed by atoms with Crippen LogP contribution in [0.2, 0.25) is 0 Å². The predicted octanol–water partition coefficient (Wildman–Crippen LogP) is 11.8. The third kappa shape index (κ3) is 6.03. The molecule has 0 radical (unpaired) electrons. The van der Waals surface area contributed by atoms with Crippen LogP contribution in [-0.4, -0.2) is 16.2 Å². The van der Waals surface area contributed by atoms with Crippen LogP contribution in [0.5, 0.6) is 11.5 Å². The molecule has 5 nitrogen and oxygen atoms in total. The first-order chi connectivity index (χ1) is 24.5. The van der Waals surface area contributed by atoms with Crippen LogP contribution < -0.4 is 14.5 Å². The lowest BCUT2D eigenvalue weighted by atomic mass is 9.88. The molecule has 8 rings (SSSR count). The Morgan fingerprint density at radius 3 is 2.10 bits per heavy atom. The number of hydrogen-bond donors (Lipinski definition) is 0. The number of hydrogen-bond acceptors (Lipinski definition) is 4. The highest BCUT2D eigenvalue weighted by Gasteiger charge is 2.27. The van der Waals surface area contributed by atoms with Gasteiger partial charge in [-0.25, -0.2) is 4.98 Å². The second kappa shape index (κ2) is 12.5. The predicted molar refractivity (Wildman–Crippen MR) is 213 cm³/mol. The van der Waals surface area contributed by atoms with Crippen molar-refractivity contribution in [2.75, 3.05) is 16.5 Å². The highest BCUT2D eigenvalue weighted by Crippen LogP contribution is 2.39. The summed E-state index contributed by atoms with van der Waals surface area (Å²) in [6.07, 6.45) is 4.21. The number of rotatable bonds is 6. The first kappa shape index (κ1) is 32.4. The van der Waals surface area contributed by atoms with E-state index < -0.39 is 0 Å². The molecule has 5 aromatic carbocycles. The molecule has 0 bridgehead atoms. The average Bonchev–Trinajstić information content (AvgIpc) is 3.67. The number of aromatic nitrogens is 2. The number of ether oxygens (including phenoxy) is 1. The molecule has 0 aliphatic carbocycles. The van der Waals surface area contributed by atoms with Gasteiger partial charge in [-0.2, -0.15) is 0 Å². The molecule has 1 aliphatic heterocycles. The van der Waals surface area contributed by atoms with E-state index in [9.17, 15) is 0 Å². The second-order valence-corrected chi connectivity index (χ2v) is 14.9.